The van der Waals surface area contributed by atoms with E-state index in [-0.39, 0.29) is 50.9 Å². The summed E-state index contributed by atoms with van der Waals surface area (Å²) < 4.78 is 0. The Hall–Kier alpha value is -2.29. The third-order valence-electron chi connectivity index (χ3n) is 8.76. The van der Waals surface area contributed by atoms with Crippen LogP contribution < -0.4 is 0 Å². The average Bonchev–Trinajstić information content (AvgIpc) is 2.94. The summed E-state index contributed by atoms with van der Waals surface area (Å²) in [6, 6.07) is 17.0. The van der Waals surface area contributed by atoms with Crippen molar-refractivity contribution in [2.45, 2.75) is 113 Å². The van der Waals surface area contributed by atoms with Gasteiger partial charge in [-0.1, -0.05) is 86.9 Å². The number of rotatable bonds is 9. The molecular formula is C38H54IrNO2-. The number of carbonyl (C=O) groups excluding carboxylic acids is 1. The number of nitrogens with zero attached hydrogens (tertiary/aromatic N) is 1. The van der Waals surface area contributed by atoms with E-state index in [1.54, 1.807) is 0 Å². The number of pyridine rings is 1. The number of fused-ring (bicyclic) bond motifs is 1. The molecule has 1 radical (unpaired) electrons. The fourth-order valence-electron chi connectivity index (χ4n) is 6.05. The number of allylic oxidation sites excluding steroid dienone is 2. The molecule has 1 aliphatic carbocycles. The van der Waals surface area contributed by atoms with Gasteiger partial charge in [-0.2, -0.15) is 0 Å². The first kappa shape index (κ1) is 37.7. The Morgan fingerprint density at radius 3 is 2.14 bits per heavy atom. The molecule has 3 aromatic rings. The zero-order valence-electron chi connectivity index (χ0n) is 26.2. The second kappa shape index (κ2) is 18.4. The molecule has 0 unspecified atom stereocenters. The van der Waals surface area contributed by atoms with Crippen molar-refractivity contribution in [2.75, 3.05) is 0 Å². The van der Waals surface area contributed by atoms with Gasteiger partial charge >= 0.3 is 0 Å². The summed E-state index contributed by atoms with van der Waals surface area (Å²) in [6.07, 6.45) is 12.2. The van der Waals surface area contributed by atoms with Crippen molar-refractivity contribution < 1.29 is 30.0 Å². The second-order valence-electron chi connectivity index (χ2n) is 11.8. The maximum absolute atomic E-state index is 11.7. The molecule has 2 aromatic carbocycles. The number of carbonyl (C=O) groups is 1. The van der Waals surface area contributed by atoms with Crippen LogP contribution in [0.2, 0.25) is 0 Å². The molecule has 1 aromatic heterocycles. The van der Waals surface area contributed by atoms with Gasteiger partial charge in [-0.05, 0) is 78.5 Å². The molecule has 1 saturated carbocycles. The summed E-state index contributed by atoms with van der Waals surface area (Å²) >= 11 is 0. The monoisotopic (exact) mass is 749 g/mol. The van der Waals surface area contributed by atoms with E-state index >= 15 is 0 Å². The summed E-state index contributed by atoms with van der Waals surface area (Å²) in [4.78, 5) is 16.4. The van der Waals surface area contributed by atoms with E-state index in [4.69, 9.17) is 4.98 Å². The second-order valence-corrected chi connectivity index (χ2v) is 11.8. The normalized spacial score (nSPS) is 16.8. The maximum Gasteiger partial charge on any atom is 0.162 e. The molecule has 1 aliphatic rings. The number of hydrogen-bond acceptors (Lipinski definition) is 3. The Kier molecular flexibility index (Phi) is 16.5. The van der Waals surface area contributed by atoms with Crippen molar-refractivity contribution in [3.63, 3.8) is 0 Å². The van der Waals surface area contributed by atoms with Gasteiger partial charge in [0.25, 0.3) is 0 Å². The van der Waals surface area contributed by atoms with Crippen LogP contribution >= 0.6 is 0 Å². The SMILES string of the molecule is C.CCC(CC)C(=O)C=C(O)C(CC)CC.Cc1[c-]c(-c2nccc3ccc(C4CCC(C)CC4)cc23)cc(C)c1.[Ir]. The average molecular weight is 749 g/mol. The fourth-order valence-corrected chi connectivity index (χ4v) is 6.05. The third-order valence-corrected chi connectivity index (χ3v) is 8.76. The van der Waals surface area contributed by atoms with Crippen LogP contribution in [0.4, 0.5) is 0 Å². The van der Waals surface area contributed by atoms with Crippen molar-refractivity contribution in [3.05, 3.63) is 77.2 Å². The third kappa shape index (κ3) is 10.2. The molecule has 42 heavy (non-hydrogen) atoms. The molecular weight excluding hydrogens is 695 g/mol. The number of aliphatic hydroxyl groups excluding tert-OH is 1. The predicted octanol–water partition coefficient (Wildman–Crippen LogP) is 11.1. The van der Waals surface area contributed by atoms with Crippen LogP contribution in [0, 0.1) is 37.7 Å². The van der Waals surface area contributed by atoms with E-state index in [0.717, 1.165) is 42.9 Å². The minimum absolute atomic E-state index is 0. The number of hydrogen-bond donors (Lipinski definition) is 1. The molecule has 0 bridgehead atoms. The van der Waals surface area contributed by atoms with Gasteiger partial charge in [0.15, 0.2) is 5.78 Å². The minimum atomic E-state index is 0. The van der Waals surface area contributed by atoms with E-state index in [2.05, 4.69) is 63.2 Å². The van der Waals surface area contributed by atoms with Crippen molar-refractivity contribution in [1.82, 2.24) is 4.98 Å². The van der Waals surface area contributed by atoms with Gasteiger partial charge in [0.05, 0.1) is 5.76 Å². The summed E-state index contributed by atoms with van der Waals surface area (Å²) in [7, 11) is 0. The molecule has 3 nitrogen and oxygen atoms in total. The Balaban J connectivity index is 0.000000455. The Morgan fingerprint density at radius 1 is 0.952 bits per heavy atom. The number of aryl methyl sites for hydroxylation is 2. The fraction of sp³-hybridized carbons (Fsp3) is 0.526. The topological polar surface area (TPSA) is 50.2 Å². The van der Waals surface area contributed by atoms with Crippen LogP contribution in [0.15, 0.2) is 54.4 Å². The van der Waals surface area contributed by atoms with Gasteiger partial charge in [0, 0.05) is 44.2 Å². The first-order valence-electron chi connectivity index (χ1n) is 15.5. The summed E-state index contributed by atoms with van der Waals surface area (Å²) in [5.41, 5.74) is 6.10. The molecule has 0 atom stereocenters. The number of aliphatic hydroxyl groups is 1. The summed E-state index contributed by atoms with van der Waals surface area (Å²) in [5, 5.41) is 12.3. The zero-order chi connectivity index (χ0) is 29.2. The van der Waals surface area contributed by atoms with Crippen LogP contribution in [0.1, 0.15) is 116 Å². The van der Waals surface area contributed by atoms with Crippen LogP contribution in [-0.4, -0.2) is 15.9 Å². The molecule has 1 N–H and O–H groups in total. The molecule has 0 amide bonds. The number of benzene rings is 2. The quantitative estimate of drug-likeness (QED) is 0.135. The number of ketones is 1. The van der Waals surface area contributed by atoms with Gasteiger partial charge in [0.1, 0.15) is 0 Å². The van der Waals surface area contributed by atoms with Crippen molar-refractivity contribution in [2.24, 2.45) is 17.8 Å². The summed E-state index contributed by atoms with van der Waals surface area (Å²) in [6.45, 7) is 14.7. The largest absolute Gasteiger partial charge is 0.512 e. The van der Waals surface area contributed by atoms with Crippen LogP contribution in [0.5, 0.6) is 0 Å². The standard InChI is InChI=1S/C24H26N.C13H24O2.CH4.Ir/c1-16-4-6-19(7-5-16)21-9-8-20-10-11-25-24(23(20)15-21)22-13-17(2)12-18(3)14-22;1-5-10(6-2)12(14)9-13(15)11(7-3)8-4;;/h8-13,15-16,19H,4-7H2,1-3H3;9-11,14H,5-8H2,1-4H3;1H4;/q-1;;;. The maximum atomic E-state index is 11.7. The van der Waals surface area contributed by atoms with E-state index in [1.165, 1.54) is 59.2 Å². The van der Waals surface area contributed by atoms with E-state index in [1.807, 2.05) is 33.9 Å². The molecule has 233 valence electrons. The van der Waals surface area contributed by atoms with Gasteiger partial charge in [-0.25, -0.2) is 0 Å². The molecule has 0 saturated heterocycles. The first-order chi connectivity index (χ1) is 19.2. The predicted molar refractivity (Wildman–Crippen MR) is 176 cm³/mol. The van der Waals surface area contributed by atoms with Crippen LogP contribution in [0.25, 0.3) is 22.0 Å². The Labute approximate surface area is 270 Å². The summed E-state index contributed by atoms with van der Waals surface area (Å²) in [5.74, 6) is 2.14. The molecule has 4 rings (SSSR count). The van der Waals surface area contributed by atoms with E-state index in [9.17, 15) is 9.90 Å². The molecule has 1 fully saturated rings. The molecule has 4 heteroatoms. The van der Waals surface area contributed by atoms with Gasteiger partial charge in [0.2, 0.25) is 0 Å². The van der Waals surface area contributed by atoms with E-state index in [0.29, 0.717) is 5.92 Å². The first-order valence-corrected chi connectivity index (χ1v) is 15.5. The van der Waals surface area contributed by atoms with Gasteiger partial charge in [-0.15, -0.1) is 34.9 Å². The van der Waals surface area contributed by atoms with Gasteiger partial charge < -0.3 is 10.1 Å². The van der Waals surface area contributed by atoms with E-state index < -0.39 is 0 Å². The van der Waals surface area contributed by atoms with Crippen molar-refractivity contribution >= 4 is 16.6 Å². The smallest absolute Gasteiger partial charge is 0.162 e. The molecule has 0 spiro atoms. The van der Waals surface area contributed by atoms with Gasteiger partial charge in [-0.3, -0.25) is 4.79 Å². The Bertz CT molecular complexity index is 1260. The van der Waals surface area contributed by atoms with Crippen molar-refractivity contribution in [3.8, 4) is 11.3 Å². The van der Waals surface area contributed by atoms with Crippen LogP contribution in [0.3, 0.4) is 0 Å². The molecule has 1 heterocycles. The molecule has 0 aliphatic heterocycles. The Morgan fingerprint density at radius 2 is 1.57 bits per heavy atom. The zero-order valence-corrected chi connectivity index (χ0v) is 28.6. The van der Waals surface area contributed by atoms with Crippen LogP contribution in [-0.2, 0) is 24.9 Å². The minimum Gasteiger partial charge on any atom is -0.512 e. The van der Waals surface area contributed by atoms with Crippen molar-refractivity contribution in [1.29, 1.82) is 0 Å². The number of aromatic nitrogens is 1.